The van der Waals surface area contributed by atoms with E-state index in [9.17, 15) is 5.11 Å². The van der Waals surface area contributed by atoms with Crippen LogP contribution in [0, 0.1) is 5.92 Å². The Labute approximate surface area is 130 Å². The third-order valence-corrected chi connectivity index (χ3v) is 4.94. The van der Waals surface area contributed by atoms with Gasteiger partial charge in [-0.25, -0.2) is 9.98 Å². The minimum Gasteiger partial charge on any atom is -0.393 e. The standard InChI is InChI=1S/C15H26N4OS/c1-3-12-9-17-14(21-12)10-19-15(16-4-2)18-8-11-6-5-7-13(11)20/h9,11,13,20H,3-8,10H2,1-2H3,(H2,16,18,19). The molecule has 1 saturated carbocycles. The van der Waals surface area contributed by atoms with Crippen LogP contribution in [0.3, 0.4) is 0 Å². The fourth-order valence-corrected chi connectivity index (χ4v) is 3.34. The average molecular weight is 310 g/mol. The molecule has 0 spiro atoms. The fourth-order valence-electron chi connectivity index (χ4n) is 2.56. The number of rotatable bonds is 6. The van der Waals surface area contributed by atoms with Crippen molar-refractivity contribution in [1.29, 1.82) is 0 Å². The monoisotopic (exact) mass is 310 g/mol. The van der Waals surface area contributed by atoms with E-state index in [-0.39, 0.29) is 6.10 Å². The Morgan fingerprint density at radius 1 is 1.43 bits per heavy atom. The lowest BCUT2D eigenvalue weighted by molar-refractivity contribution is 0.134. The van der Waals surface area contributed by atoms with Crippen molar-refractivity contribution in [3.05, 3.63) is 16.1 Å². The summed E-state index contributed by atoms with van der Waals surface area (Å²) in [7, 11) is 0. The predicted molar refractivity (Wildman–Crippen MR) is 87.7 cm³/mol. The Balaban J connectivity index is 1.86. The number of aliphatic hydroxyl groups excluding tert-OH is 1. The van der Waals surface area contributed by atoms with Crippen molar-refractivity contribution in [2.24, 2.45) is 10.9 Å². The maximum absolute atomic E-state index is 9.86. The molecule has 0 bridgehead atoms. The molecule has 1 heterocycles. The summed E-state index contributed by atoms with van der Waals surface area (Å²) >= 11 is 1.72. The second kappa shape index (κ2) is 8.34. The molecule has 1 fully saturated rings. The molecule has 118 valence electrons. The van der Waals surface area contributed by atoms with Gasteiger partial charge < -0.3 is 15.7 Å². The Morgan fingerprint density at radius 3 is 2.90 bits per heavy atom. The lowest BCUT2D eigenvalue weighted by Crippen LogP contribution is -2.41. The molecule has 1 aliphatic carbocycles. The molecule has 2 rings (SSSR count). The lowest BCUT2D eigenvalue weighted by Gasteiger charge is -2.17. The Hall–Kier alpha value is -1.14. The van der Waals surface area contributed by atoms with Gasteiger partial charge in [0, 0.05) is 30.1 Å². The summed E-state index contributed by atoms with van der Waals surface area (Å²) in [5.74, 6) is 1.16. The maximum Gasteiger partial charge on any atom is 0.191 e. The summed E-state index contributed by atoms with van der Waals surface area (Å²) in [6.45, 7) is 6.41. The SMILES string of the molecule is CCNC(=NCc1ncc(CC)s1)NCC1CCCC1O. The van der Waals surface area contributed by atoms with Gasteiger partial charge in [0.05, 0.1) is 12.6 Å². The van der Waals surface area contributed by atoms with Crippen LogP contribution in [0.25, 0.3) is 0 Å². The number of aliphatic hydroxyl groups is 1. The first-order valence-corrected chi connectivity index (χ1v) is 8.68. The van der Waals surface area contributed by atoms with Crippen LogP contribution in [0.4, 0.5) is 0 Å². The molecule has 2 unspecified atom stereocenters. The van der Waals surface area contributed by atoms with Gasteiger partial charge in [-0.2, -0.15) is 0 Å². The second-order valence-electron chi connectivity index (χ2n) is 5.41. The molecule has 5 nitrogen and oxygen atoms in total. The quantitative estimate of drug-likeness (QED) is 0.555. The average Bonchev–Trinajstić information content (AvgIpc) is 3.11. The van der Waals surface area contributed by atoms with Crippen LogP contribution >= 0.6 is 11.3 Å². The van der Waals surface area contributed by atoms with E-state index in [1.54, 1.807) is 11.3 Å². The van der Waals surface area contributed by atoms with Crippen molar-refractivity contribution < 1.29 is 5.11 Å². The van der Waals surface area contributed by atoms with Gasteiger partial charge in [0.2, 0.25) is 0 Å². The Kier molecular flexibility index (Phi) is 6.45. The molecule has 0 aromatic carbocycles. The van der Waals surface area contributed by atoms with Gasteiger partial charge in [-0.15, -0.1) is 11.3 Å². The van der Waals surface area contributed by atoms with Crippen LogP contribution in [0.1, 0.15) is 43.0 Å². The van der Waals surface area contributed by atoms with E-state index in [0.717, 1.165) is 49.7 Å². The van der Waals surface area contributed by atoms with Crippen molar-refractivity contribution >= 4 is 17.3 Å². The summed E-state index contributed by atoms with van der Waals surface area (Å²) in [6.07, 6.45) is 5.95. The molecule has 2 atom stereocenters. The van der Waals surface area contributed by atoms with E-state index in [4.69, 9.17) is 0 Å². The Morgan fingerprint density at radius 2 is 2.29 bits per heavy atom. The largest absolute Gasteiger partial charge is 0.393 e. The number of nitrogens with one attached hydrogen (secondary N) is 2. The highest BCUT2D eigenvalue weighted by Crippen LogP contribution is 2.24. The van der Waals surface area contributed by atoms with Gasteiger partial charge in [0.1, 0.15) is 5.01 Å². The summed E-state index contributed by atoms with van der Waals surface area (Å²) in [6, 6.07) is 0. The van der Waals surface area contributed by atoms with E-state index in [1.165, 1.54) is 4.88 Å². The van der Waals surface area contributed by atoms with Crippen molar-refractivity contribution in [3.63, 3.8) is 0 Å². The molecule has 3 N–H and O–H groups in total. The van der Waals surface area contributed by atoms with E-state index in [0.29, 0.717) is 12.5 Å². The second-order valence-corrected chi connectivity index (χ2v) is 6.61. The molecule has 21 heavy (non-hydrogen) atoms. The minimum absolute atomic E-state index is 0.161. The van der Waals surface area contributed by atoms with Crippen molar-refractivity contribution in [2.75, 3.05) is 13.1 Å². The number of hydrogen-bond donors (Lipinski definition) is 3. The number of thiazole rings is 1. The first-order chi connectivity index (χ1) is 10.2. The van der Waals surface area contributed by atoms with E-state index < -0.39 is 0 Å². The van der Waals surface area contributed by atoms with Gasteiger partial charge >= 0.3 is 0 Å². The zero-order valence-corrected chi connectivity index (χ0v) is 13.7. The molecule has 0 amide bonds. The summed E-state index contributed by atoms with van der Waals surface area (Å²) in [5.41, 5.74) is 0. The van der Waals surface area contributed by atoms with Gasteiger partial charge in [-0.1, -0.05) is 13.3 Å². The maximum atomic E-state index is 9.86. The molecule has 0 aliphatic heterocycles. The smallest absolute Gasteiger partial charge is 0.191 e. The number of guanidine groups is 1. The molecule has 1 aromatic heterocycles. The highest BCUT2D eigenvalue weighted by atomic mass is 32.1. The zero-order valence-electron chi connectivity index (χ0n) is 12.9. The molecule has 0 radical (unpaired) electrons. The number of aryl methyl sites for hydroxylation is 1. The van der Waals surface area contributed by atoms with Crippen LogP contribution < -0.4 is 10.6 Å². The van der Waals surface area contributed by atoms with Gasteiger partial charge in [-0.05, 0) is 26.2 Å². The number of nitrogens with zero attached hydrogens (tertiary/aromatic N) is 2. The normalized spacial score (nSPS) is 22.5. The summed E-state index contributed by atoms with van der Waals surface area (Å²) < 4.78 is 0. The Bertz CT molecular complexity index is 460. The minimum atomic E-state index is -0.161. The topological polar surface area (TPSA) is 69.5 Å². The molecular weight excluding hydrogens is 284 g/mol. The van der Waals surface area contributed by atoms with Crippen molar-refractivity contribution in [3.8, 4) is 0 Å². The van der Waals surface area contributed by atoms with E-state index >= 15 is 0 Å². The van der Waals surface area contributed by atoms with Gasteiger partial charge in [0.15, 0.2) is 5.96 Å². The molecule has 0 saturated heterocycles. The van der Waals surface area contributed by atoms with E-state index in [1.807, 2.05) is 6.20 Å². The summed E-state index contributed by atoms with van der Waals surface area (Å²) in [4.78, 5) is 10.3. The first kappa shape index (κ1) is 16.2. The van der Waals surface area contributed by atoms with Crippen LogP contribution in [0.5, 0.6) is 0 Å². The predicted octanol–water partition coefficient (Wildman–Crippen LogP) is 1.92. The zero-order chi connectivity index (χ0) is 15.1. The highest BCUT2D eigenvalue weighted by molar-refractivity contribution is 7.11. The number of aromatic nitrogens is 1. The third-order valence-electron chi connectivity index (χ3n) is 3.82. The van der Waals surface area contributed by atoms with Crippen LogP contribution in [-0.4, -0.2) is 35.2 Å². The highest BCUT2D eigenvalue weighted by Gasteiger charge is 2.24. The lowest BCUT2D eigenvalue weighted by atomic mass is 10.1. The fraction of sp³-hybridized carbons (Fsp3) is 0.733. The van der Waals surface area contributed by atoms with Crippen LogP contribution in [0.2, 0.25) is 0 Å². The van der Waals surface area contributed by atoms with Gasteiger partial charge in [0.25, 0.3) is 0 Å². The molecule has 1 aromatic rings. The number of hydrogen-bond acceptors (Lipinski definition) is 4. The third kappa shape index (κ3) is 4.97. The van der Waals surface area contributed by atoms with E-state index in [2.05, 4.69) is 34.5 Å². The molecule has 6 heteroatoms. The molecule has 1 aliphatic rings. The van der Waals surface area contributed by atoms with Gasteiger partial charge in [-0.3, -0.25) is 0 Å². The van der Waals surface area contributed by atoms with Crippen LogP contribution in [-0.2, 0) is 13.0 Å². The summed E-state index contributed by atoms with van der Waals surface area (Å²) in [5, 5.41) is 17.5. The number of aliphatic imine (C=N–C) groups is 1. The van der Waals surface area contributed by atoms with Crippen LogP contribution in [0.15, 0.2) is 11.2 Å². The van der Waals surface area contributed by atoms with Crippen molar-refractivity contribution in [2.45, 2.75) is 52.2 Å². The molecular formula is C15H26N4OS. The first-order valence-electron chi connectivity index (χ1n) is 7.86. The van der Waals surface area contributed by atoms with Crippen molar-refractivity contribution in [1.82, 2.24) is 15.6 Å².